The summed E-state index contributed by atoms with van der Waals surface area (Å²) < 4.78 is 7.75. The lowest BCUT2D eigenvalue weighted by molar-refractivity contribution is -0.124. The molecule has 1 aromatic heterocycles. The Labute approximate surface area is 218 Å². The Morgan fingerprint density at radius 3 is 2.85 bits per heavy atom. The number of aliphatic imine (C=N–C) groups is 1. The number of benzene rings is 2. The van der Waals surface area contributed by atoms with Gasteiger partial charge in [0.1, 0.15) is 6.10 Å². The summed E-state index contributed by atoms with van der Waals surface area (Å²) in [5.41, 5.74) is 3.08. The molecule has 0 saturated carbocycles. The zero-order valence-electron chi connectivity index (χ0n) is 19.6. The standard InChI is InChI=1S/C26H33N5O2.HI/c1-2-27-26(28-14-7-15-31-16-13-21-9-3-4-11-23(21)31)29-19-20-8-5-10-22(18-20)30-25(32)24-12-6-17-33-24;/h3-5,8-11,13,16,18,24H,2,6-7,12,14-15,17,19H2,1H3,(H,30,32)(H2,27,28,29);1H. The molecule has 3 aromatic rings. The molecule has 1 amide bonds. The van der Waals surface area contributed by atoms with E-state index in [0.717, 1.165) is 56.1 Å². The molecule has 7 nitrogen and oxygen atoms in total. The maximum absolute atomic E-state index is 12.3. The van der Waals surface area contributed by atoms with Crippen LogP contribution < -0.4 is 16.0 Å². The van der Waals surface area contributed by atoms with Crippen molar-refractivity contribution in [2.24, 2.45) is 4.99 Å². The molecular formula is C26H34IN5O2. The van der Waals surface area contributed by atoms with Crippen LogP contribution in [-0.4, -0.2) is 42.2 Å². The molecule has 0 aliphatic carbocycles. The number of hydrogen-bond acceptors (Lipinski definition) is 3. The molecule has 3 N–H and O–H groups in total. The molecule has 1 aliphatic heterocycles. The Kier molecular flexibility index (Phi) is 10.2. The van der Waals surface area contributed by atoms with Crippen LogP contribution in [0.4, 0.5) is 5.69 Å². The minimum Gasteiger partial charge on any atom is -0.368 e. The Morgan fingerprint density at radius 2 is 2.03 bits per heavy atom. The molecule has 34 heavy (non-hydrogen) atoms. The third-order valence-corrected chi connectivity index (χ3v) is 5.73. The third kappa shape index (κ3) is 7.20. The maximum Gasteiger partial charge on any atom is 0.253 e. The molecule has 1 unspecified atom stereocenters. The summed E-state index contributed by atoms with van der Waals surface area (Å²) in [5, 5.41) is 11.0. The highest BCUT2D eigenvalue weighted by Crippen LogP contribution is 2.17. The summed E-state index contributed by atoms with van der Waals surface area (Å²) in [7, 11) is 0. The minimum atomic E-state index is -0.333. The molecular weight excluding hydrogens is 541 g/mol. The first-order valence-corrected chi connectivity index (χ1v) is 11.8. The Balaban J connectivity index is 0.00000324. The number of halogens is 1. The van der Waals surface area contributed by atoms with E-state index in [1.54, 1.807) is 0 Å². The number of guanidine groups is 1. The first-order valence-electron chi connectivity index (χ1n) is 11.8. The largest absolute Gasteiger partial charge is 0.368 e. The normalized spacial score (nSPS) is 15.7. The Morgan fingerprint density at radius 1 is 1.15 bits per heavy atom. The molecule has 0 bridgehead atoms. The van der Waals surface area contributed by atoms with E-state index >= 15 is 0 Å². The van der Waals surface area contributed by atoms with Gasteiger partial charge in [-0.1, -0.05) is 30.3 Å². The zero-order chi connectivity index (χ0) is 22.9. The molecule has 2 aromatic carbocycles. The molecule has 182 valence electrons. The van der Waals surface area contributed by atoms with Gasteiger partial charge in [0.15, 0.2) is 5.96 Å². The predicted molar refractivity (Wildman–Crippen MR) is 149 cm³/mol. The summed E-state index contributed by atoms with van der Waals surface area (Å²) >= 11 is 0. The number of rotatable bonds is 9. The van der Waals surface area contributed by atoms with Gasteiger partial charge in [0, 0.05) is 43.6 Å². The predicted octanol–water partition coefficient (Wildman–Crippen LogP) is 4.52. The fourth-order valence-corrected chi connectivity index (χ4v) is 4.06. The summed E-state index contributed by atoms with van der Waals surface area (Å²) in [6, 6.07) is 18.4. The maximum atomic E-state index is 12.3. The van der Waals surface area contributed by atoms with E-state index in [-0.39, 0.29) is 36.0 Å². The van der Waals surface area contributed by atoms with E-state index in [0.29, 0.717) is 13.2 Å². The SMILES string of the molecule is CCNC(=NCc1cccc(NC(=O)C2CCCO2)c1)NCCCn1ccc2ccccc21.I. The van der Waals surface area contributed by atoms with Crippen LogP contribution in [0.1, 0.15) is 31.7 Å². The van der Waals surface area contributed by atoms with Crippen molar-refractivity contribution in [2.45, 2.75) is 45.4 Å². The number of nitrogens with one attached hydrogen (secondary N) is 3. The summed E-state index contributed by atoms with van der Waals surface area (Å²) in [4.78, 5) is 17.0. The van der Waals surface area contributed by atoms with Gasteiger partial charge in [-0.15, -0.1) is 24.0 Å². The fourth-order valence-electron chi connectivity index (χ4n) is 4.06. The van der Waals surface area contributed by atoms with Gasteiger partial charge in [-0.2, -0.15) is 0 Å². The van der Waals surface area contributed by atoms with Gasteiger partial charge in [-0.25, -0.2) is 4.99 Å². The molecule has 0 spiro atoms. The third-order valence-electron chi connectivity index (χ3n) is 5.73. The van der Waals surface area contributed by atoms with E-state index in [4.69, 9.17) is 9.73 Å². The lowest BCUT2D eigenvalue weighted by Gasteiger charge is -2.13. The van der Waals surface area contributed by atoms with Gasteiger partial charge in [0.2, 0.25) is 0 Å². The molecule has 4 rings (SSSR count). The van der Waals surface area contributed by atoms with Crippen molar-refractivity contribution in [1.29, 1.82) is 0 Å². The van der Waals surface area contributed by atoms with E-state index < -0.39 is 0 Å². The van der Waals surface area contributed by atoms with Crippen LogP contribution in [0.2, 0.25) is 0 Å². The van der Waals surface area contributed by atoms with Crippen LogP contribution in [0, 0.1) is 0 Å². The van der Waals surface area contributed by atoms with Crippen molar-refractivity contribution in [3.05, 3.63) is 66.4 Å². The second-order valence-corrected chi connectivity index (χ2v) is 8.23. The number of aromatic nitrogens is 1. The van der Waals surface area contributed by atoms with Crippen molar-refractivity contribution in [1.82, 2.24) is 15.2 Å². The van der Waals surface area contributed by atoms with Gasteiger partial charge in [0.05, 0.1) is 6.54 Å². The average Bonchev–Trinajstić information content (AvgIpc) is 3.51. The quantitative estimate of drug-likeness (QED) is 0.152. The summed E-state index contributed by atoms with van der Waals surface area (Å²) in [6.45, 7) is 5.83. The summed E-state index contributed by atoms with van der Waals surface area (Å²) in [6.07, 6.45) is 4.53. The molecule has 2 heterocycles. The lowest BCUT2D eigenvalue weighted by Crippen LogP contribution is -2.38. The first kappa shape index (κ1) is 26.0. The smallest absolute Gasteiger partial charge is 0.253 e. The van der Waals surface area contributed by atoms with Crippen molar-refractivity contribution >= 4 is 52.4 Å². The number of fused-ring (bicyclic) bond motifs is 1. The van der Waals surface area contributed by atoms with Crippen LogP contribution in [-0.2, 0) is 22.6 Å². The number of anilines is 1. The van der Waals surface area contributed by atoms with E-state index in [9.17, 15) is 4.79 Å². The zero-order valence-corrected chi connectivity index (χ0v) is 22.0. The summed E-state index contributed by atoms with van der Waals surface area (Å²) in [5.74, 6) is 0.724. The van der Waals surface area contributed by atoms with Crippen molar-refractivity contribution in [2.75, 3.05) is 25.0 Å². The van der Waals surface area contributed by atoms with Crippen LogP contribution in [0.5, 0.6) is 0 Å². The number of aryl methyl sites for hydroxylation is 1. The number of carbonyl (C=O) groups is 1. The lowest BCUT2D eigenvalue weighted by atomic mass is 10.2. The van der Waals surface area contributed by atoms with Gasteiger partial charge in [0.25, 0.3) is 5.91 Å². The van der Waals surface area contributed by atoms with Gasteiger partial charge in [-0.3, -0.25) is 4.79 Å². The minimum absolute atomic E-state index is 0. The highest BCUT2D eigenvalue weighted by Gasteiger charge is 2.23. The highest BCUT2D eigenvalue weighted by molar-refractivity contribution is 14.0. The van der Waals surface area contributed by atoms with Crippen molar-refractivity contribution in [3.8, 4) is 0 Å². The number of hydrogen-bond donors (Lipinski definition) is 3. The van der Waals surface area contributed by atoms with Gasteiger partial charge in [-0.05, 0) is 61.4 Å². The number of ether oxygens (including phenoxy) is 1. The highest BCUT2D eigenvalue weighted by atomic mass is 127. The van der Waals surface area contributed by atoms with Crippen LogP contribution in [0.25, 0.3) is 10.9 Å². The second-order valence-electron chi connectivity index (χ2n) is 8.23. The Bertz CT molecular complexity index is 1090. The molecule has 0 radical (unpaired) electrons. The monoisotopic (exact) mass is 575 g/mol. The molecule has 1 atom stereocenters. The van der Waals surface area contributed by atoms with Crippen molar-refractivity contribution < 1.29 is 9.53 Å². The fraction of sp³-hybridized carbons (Fsp3) is 0.385. The van der Waals surface area contributed by atoms with Crippen molar-refractivity contribution in [3.63, 3.8) is 0 Å². The molecule has 1 saturated heterocycles. The number of nitrogens with zero attached hydrogens (tertiary/aromatic N) is 2. The van der Waals surface area contributed by atoms with E-state index in [1.807, 2.05) is 24.3 Å². The van der Waals surface area contributed by atoms with Crippen LogP contribution in [0.3, 0.4) is 0 Å². The topological polar surface area (TPSA) is 79.7 Å². The van der Waals surface area contributed by atoms with Crippen LogP contribution in [0.15, 0.2) is 65.8 Å². The second kappa shape index (κ2) is 13.3. The van der Waals surface area contributed by atoms with Crippen LogP contribution >= 0.6 is 24.0 Å². The molecule has 1 fully saturated rings. The van der Waals surface area contributed by atoms with E-state index in [2.05, 4.69) is 64.0 Å². The number of para-hydroxylation sites is 1. The number of amides is 1. The average molecular weight is 575 g/mol. The Hall–Kier alpha value is -2.59. The molecule has 8 heteroatoms. The van der Waals surface area contributed by atoms with Gasteiger partial charge < -0.3 is 25.3 Å². The molecule has 1 aliphatic rings. The first-order chi connectivity index (χ1) is 16.2. The van der Waals surface area contributed by atoms with Gasteiger partial charge >= 0.3 is 0 Å². The number of carbonyl (C=O) groups excluding carboxylic acids is 1. The van der Waals surface area contributed by atoms with E-state index in [1.165, 1.54) is 10.9 Å².